The van der Waals surface area contributed by atoms with Gasteiger partial charge in [-0.15, -0.1) is 0 Å². The summed E-state index contributed by atoms with van der Waals surface area (Å²) in [6, 6.07) is 4.08. The third-order valence-corrected chi connectivity index (χ3v) is 8.18. The van der Waals surface area contributed by atoms with E-state index < -0.39 is 55.0 Å². The molecule has 0 saturated heterocycles. The molecule has 180 valence electrons. The highest BCUT2D eigenvalue weighted by molar-refractivity contribution is 7.86. The summed E-state index contributed by atoms with van der Waals surface area (Å²) in [6.45, 7) is 2.73. The molecule has 5 rings (SSSR count). The number of hydrogen-bond acceptors (Lipinski definition) is 7. The van der Waals surface area contributed by atoms with Gasteiger partial charge in [-0.1, -0.05) is 12.6 Å². The van der Waals surface area contributed by atoms with Crippen molar-refractivity contribution in [2.45, 2.75) is 55.9 Å². The summed E-state index contributed by atoms with van der Waals surface area (Å²) in [7, 11) is -4.71. The summed E-state index contributed by atoms with van der Waals surface area (Å²) < 4.78 is 75.3. The molecular weight excluding hydrogens is 467 g/mol. The number of carbonyl (C=O) groups excluding carboxylic acids is 1. The third kappa shape index (κ3) is 4.63. The van der Waals surface area contributed by atoms with E-state index in [-0.39, 0.29) is 17.8 Å². The quantitative estimate of drug-likeness (QED) is 0.138. The van der Waals surface area contributed by atoms with Crippen molar-refractivity contribution in [1.82, 2.24) is 0 Å². The Balaban J connectivity index is 1.67. The number of alkyl halides is 3. The van der Waals surface area contributed by atoms with Crippen LogP contribution in [0.3, 0.4) is 0 Å². The Morgan fingerprint density at radius 3 is 2.18 bits per heavy atom. The smallest absolute Gasteiger partial charge is 0.422 e. The first-order valence-electron chi connectivity index (χ1n) is 10.4. The minimum Gasteiger partial charge on any atom is -0.430 e. The highest BCUT2D eigenvalue weighted by Crippen LogP contribution is 2.62. The van der Waals surface area contributed by atoms with Crippen LogP contribution in [0.2, 0.25) is 0 Å². The largest absolute Gasteiger partial charge is 0.430 e. The predicted octanol–water partition coefficient (Wildman–Crippen LogP) is 4.50. The number of benzene rings is 1. The van der Waals surface area contributed by atoms with E-state index >= 15 is 0 Å². The lowest BCUT2D eigenvalue weighted by molar-refractivity contribution is -0.385. The second-order valence-corrected chi connectivity index (χ2v) is 10.9. The second-order valence-electron chi connectivity index (χ2n) is 9.30. The van der Waals surface area contributed by atoms with E-state index in [9.17, 15) is 36.5 Å². The monoisotopic (exact) mass is 489 g/mol. The Labute approximate surface area is 188 Å². The van der Waals surface area contributed by atoms with Gasteiger partial charge in [-0.2, -0.15) is 21.6 Å². The predicted molar refractivity (Wildman–Crippen MR) is 107 cm³/mol. The van der Waals surface area contributed by atoms with Gasteiger partial charge in [0.05, 0.1) is 4.92 Å². The molecule has 33 heavy (non-hydrogen) atoms. The van der Waals surface area contributed by atoms with Crippen molar-refractivity contribution in [3.8, 4) is 0 Å². The van der Waals surface area contributed by atoms with Gasteiger partial charge in [-0.25, -0.2) is 8.98 Å². The molecule has 0 radical (unpaired) electrons. The van der Waals surface area contributed by atoms with Crippen molar-refractivity contribution in [1.29, 1.82) is 0 Å². The molecule has 4 fully saturated rings. The topological polar surface area (TPSA) is 113 Å². The number of ether oxygens (including phenoxy) is 1. The molecule has 0 amide bonds. The molecule has 12 heteroatoms. The fourth-order valence-electron chi connectivity index (χ4n) is 5.92. The molecule has 0 spiro atoms. The van der Waals surface area contributed by atoms with Crippen molar-refractivity contribution in [3.05, 3.63) is 46.5 Å². The third-order valence-electron chi connectivity index (χ3n) is 6.92. The number of nitrogens with zero attached hydrogens (tertiary/aromatic N) is 1. The van der Waals surface area contributed by atoms with Gasteiger partial charge in [0.15, 0.2) is 0 Å². The summed E-state index contributed by atoms with van der Waals surface area (Å²) in [6.07, 6.45) is -2.67. The summed E-state index contributed by atoms with van der Waals surface area (Å²) in [5, 5.41) is 11.0. The molecule has 4 saturated carbocycles. The number of halogens is 3. The van der Waals surface area contributed by atoms with E-state index in [1.165, 1.54) is 0 Å². The molecule has 1 unspecified atom stereocenters. The Hall–Kier alpha value is -2.47. The summed E-state index contributed by atoms with van der Waals surface area (Å²) >= 11 is 0. The van der Waals surface area contributed by atoms with Crippen molar-refractivity contribution >= 4 is 21.8 Å². The van der Waals surface area contributed by atoms with Gasteiger partial charge in [-0.3, -0.25) is 10.1 Å². The lowest BCUT2D eigenvalue weighted by Crippen LogP contribution is -2.54. The average molecular weight is 489 g/mol. The van der Waals surface area contributed by atoms with E-state index in [2.05, 4.69) is 6.58 Å². The summed E-state index contributed by atoms with van der Waals surface area (Å²) in [5.74, 6) is -1.08. The van der Waals surface area contributed by atoms with Crippen LogP contribution in [0.4, 0.5) is 18.9 Å². The number of carbonyl (C=O) groups is 1. The molecule has 0 aromatic heterocycles. The highest BCUT2D eigenvalue weighted by atomic mass is 32.2. The zero-order valence-corrected chi connectivity index (χ0v) is 18.2. The van der Waals surface area contributed by atoms with Crippen LogP contribution in [0.1, 0.15) is 38.5 Å². The first-order valence-corrected chi connectivity index (χ1v) is 11.8. The van der Waals surface area contributed by atoms with E-state index in [4.69, 9.17) is 8.92 Å². The van der Waals surface area contributed by atoms with Crippen LogP contribution < -0.4 is 0 Å². The van der Waals surface area contributed by atoms with Gasteiger partial charge in [0.25, 0.3) is 5.69 Å². The molecule has 0 N–H and O–H groups in total. The molecule has 1 atom stereocenters. The van der Waals surface area contributed by atoms with Crippen LogP contribution >= 0.6 is 0 Å². The van der Waals surface area contributed by atoms with Crippen LogP contribution in [-0.4, -0.2) is 31.8 Å². The number of non-ortho nitro benzene ring substituents is 1. The average Bonchev–Trinajstić information content (AvgIpc) is 2.71. The Morgan fingerprint density at radius 2 is 1.70 bits per heavy atom. The molecule has 0 aliphatic heterocycles. The van der Waals surface area contributed by atoms with Crippen LogP contribution in [0.5, 0.6) is 0 Å². The standard InChI is InChI=1S/C21H22F3NO7S/c1-12(21(22,23)24)18(26)31-19(20-9-13-5-14(10-20)7-15(6-13)11-20)32-33(29,30)17-4-2-3-16(8-17)25(27)28/h2-4,8,13-15,19H,1,5-7,9-11H2. The molecule has 0 heterocycles. The van der Waals surface area contributed by atoms with Gasteiger partial charge in [0, 0.05) is 17.5 Å². The maximum absolute atomic E-state index is 13.0. The molecule has 4 aliphatic carbocycles. The van der Waals surface area contributed by atoms with Gasteiger partial charge < -0.3 is 4.74 Å². The van der Waals surface area contributed by atoms with Crippen molar-refractivity contribution < 1.29 is 40.2 Å². The minimum atomic E-state index is -5.05. The molecular formula is C21H22F3NO7S. The normalized spacial score (nSPS) is 29.5. The van der Waals surface area contributed by atoms with Gasteiger partial charge >= 0.3 is 22.3 Å². The summed E-state index contributed by atoms with van der Waals surface area (Å²) in [4.78, 5) is 21.9. The van der Waals surface area contributed by atoms with E-state index in [0.29, 0.717) is 19.3 Å². The van der Waals surface area contributed by atoms with E-state index in [1.54, 1.807) is 0 Å². The lowest BCUT2D eigenvalue weighted by Gasteiger charge is -2.57. The number of nitro groups is 1. The zero-order valence-electron chi connectivity index (χ0n) is 17.4. The Bertz CT molecular complexity index is 1060. The number of hydrogen-bond donors (Lipinski definition) is 0. The maximum atomic E-state index is 13.0. The molecule has 1 aromatic carbocycles. The first-order chi connectivity index (χ1) is 15.3. The van der Waals surface area contributed by atoms with E-state index in [0.717, 1.165) is 43.5 Å². The second kappa shape index (κ2) is 8.08. The highest BCUT2D eigenvalue weighted by Gasteiger charge is 2.57. The Morgan fingerprint density at radius 1 is 1.15 bits per heavy atom. The van der Waals surface area contributed by atoms with Crippen LogP contribution in [0.15, 0.2) is 41.3 Å². The van der Waals surface area contributed by atoms with Crippen molar-refractivity contribution in [2.75, 3.05) is 0 Å². The van der Waals surface area contributed by atoms with Crippen molar-refractivity contribution in [2.24, 2.45) is 23.2 Å². The molecule has 4 bridgehead atoms. The fourth-order valence-corrected chi connectivity index (χ4v) is 7.02. The molecule has 8 nitrogen and oxygen atoms in total. The van der Waals surface area contributed by atoms with Gasteiger partial charge in [-0.05, 0) is 62.3 Å². The van der Waals surface area contributed by atoms with Gasteiger partial charge in [0.1, 0.15) is 10.5 Å². The maximum Gasteiger partial charge on any atom is 0.422 e. The summed E-state index contributed by atoms with van der Waals surface area (Å²) in [5.41, 5.74) is -3.23. The first kappa shape index (κ1) is 23.7. The van der Waals surface area contributed by atoms with Gasteiger partial charge in [0.2, 0.25) is 6.29 Å². The molecule has 1 aromatic rings. The fraction of sp³-hybridized carbons (Fsp3) is 0.571. The Kier molecular flexibility index (Phi) is 5.80. The SMILES string of the molecule is C=C(C(=O)OC(OS(=O)(=O)c1cccc([N+](=O)[O-])c1)C12CC3CC(CC(C3)C1)C2)C(F)(F)F. The van der Waals surface area contributed by atoms with Crippen molar-refractivity contribution in [3.63, 3.8) is 0 Å². The minimum absolute atomic E-state index is 0.243. The number of nitro benzene ring substituents is 1. The zero-order chi connectivity index (χ0) is 24.2. The van der Waals surface area contributed by atoms with Crippen LogP contribution in [0.25, 0.3) is 0 Å². The number of esters is 1. The molecule has 4 aliphatic rings. The van der Waals surface area contributed by atoms with Crippen LogP contribution in [-0.2, 0) is 23.8 Å². The van der Waals surface area contributed by atoms with E-state index in [1.807, 2.05) is 0 Å². The van der Waals surface area contributed by atoms with Crippen LogP contribution in [0, 0.1) is 33.3 Å². The number of rotatable bonds is 7. The lowest BCUT2D eigenvalue weighted by atomic mass is 9.49.